The molecule has 2 atom stereocenters. The van der Waals surface area contributed by atoms with Crippen LogP contribution in [0.5, 0.6) is 0 Å². The molecule has 1 aliphatic rings. The van der Waals surface area contributed by atoms with Crippen LogP contribution in [0.15, 0.2) is 11.2 Å². The lowest BCUT2D eigenvalue weighted by atomic mass is 10.2. The Morgan fingerprint density at radius 1 is 1.67 bits per heavy atom. The summed E-state index contributed by atoms with van der Waals surface area (Å²) in [6, 6.07) is -0.149. The molecule has 0 saturated carbocycles. The Labute approximate surface area is 106 Å². The van der Waals surface area contributed by atoms with Crippen LogP contribution in [0.2, 0.25) is 0 Å². The quantitative estimate of drug-likeness (QED) is 0.782. The first-order valence-corrected chi connectivity index (χ1v) is 7.24. The maximum Gasteiger partial charge on any atom is 0.260 e. The summed E-state index contributed by atoms with van der Waals surface area (Å²) in [6.07, 6.45) is 2.03. The molecule has 0 bridgehead atoms. The van der Waals surface area contributed by atoms with Crippen LogP contribution >= 0.6 is 0 Å². The number of H-pyrrole nitrogens is 1. The molecule has 7 nitrogen and oxygen atoms in total. The van der Waals surface area contributed by atoms with E-state index in [1.54, 1.807) is 7.05 Å². The van der Waals surface area contributed by atoms with Gasteiger partial charge < -0.3 is 10.5 Å². The number of nitrogens with one attached hydrogen (secondary N) is 1. The number of nitrogens with two attached hydrogens (primary N) is 1. The van der Waals surface area contributed by atoms with Crippen LogP contribution in [0.4, 0.5) is 0 Å². The number of nitrogens with zero attached hydrogens (tertiary/aromatic N) is 2. The van der Waals surface area contributed by atoms with E-state index in [9.17, 15) is 8.42 Å². The highest BCUT2D eigenvalue weighted by Gasteiger charge is 2.36. The van der Waals surface area contributed by atoms with Crippen LogP contribution in [-0.4, -0.2) is 48.7 Å². The minimum Gasteiger partial charge on any atom is -0.377 e. The highest BCUT2D eigenvalue weighted by molar-refractivity contribution is 7.89. The topological polar surface area (TPSA) is 101 Å². The maximum atomic E-state index is 12.4. The molecule has 3 N–H and O–H groups in total. The monoisotopic (exact) mass is 274 g/mol. The van der Waals surface area contributed by atoms with Crippen LogP contribution in [0.1, 0.15) is 18.9 Å². The molecule has 102 valence electrons. The molecule has 18 heavy (non-hydrogen) atoms. The van der Waals surface area contributed by atoms with Gasteiger partial charge in [-0.2, -0.15) is 9.40 Å². The summed E-state index contributed by atoms with van der Waals surface area (Å²) in [7, 11) is -2.04. The van der Waals surface area contributed by atoms with E-state index in [2.05, 4.69) is 10.2 Å². The fourth-order valence-electron chi connectivity index (χ4n) is 2.19. The zero-order valence-corrected chi connectivity index (χ0v) is 11.3. The molecular formula is C10H18N4O3S. The van der Waals surface area contributed by atoms with E-state index in [0.717, 1.165) is 0 Å². The van der Waals surface area contributed by atoms with E-state index >= 15 is 0 Å². The molecule has 1 saturated heterocycles. The first kappa shape index (κ1) is 13.5. The predicted molar refractivity (Wildman–Crippen MR) is 65.2 cm³/mol. The van der Waals surface area contributed by atoms with E-state index in [1.165, 1.54) is 10.5 Å². The van der Waals surface area contributed by atoms with E-state index < -0.39 is 10.0 Å². The van der Waals surface area contributed by atoms with Gasteiger partial charge in [-0.3, -0.25) is 5.10 Å². The fourth-order valence-corrected chi connectivity index (χ4v) is 3.74. The Morgan fingerprint density at radius 3 is 2.94 bits per heavy atom. The average Bonchev–Trinajstić information content (AvgIpc) is 2.95. The van der Waals surface area contributed by atoms with Gasteiger partial charge in [0.1, 0.15) is 0 Å². The summed E-state index contributed by atoms with van der Waals surface area (Å²) in [6.45, 7) is 2.59. The molecule has 2 rings (SSSR count). The number of hydrogen-bond acceptors (Lipinski definition) is 5. The van der Waals surface area contributed by atoms with Gasteiger partial charge in [0.2, 0.25) is 0 Å². The Bertz CT molecular complexity index is 513. The van der Waals surface area contributed by atoms with Crippen LogP contribution < -0.4 is 5.73 Å². The van der Waals surface area contributed by atoms with Crippen molar-refractivity contribution in [2.45, 2.75) is 37.1 Å². The highest BCUT2D eigenvalue weighted by atomic mass is 32.2. The predicted octanol–water partition coefficient (Wildman–Crippen LogP) is -0.334. The zero-order chi connectivity index (χ0) is 13.3. The Balaban J connectivity index is 2.31. The Kier molecular flexibility index (Phi) is 3.71. The van der Waals surface area contributed by atoms with Gasteiger partial charge >= 0.3 is 0 Å². The molecular weight excluding hydrogens is 256 g/mol. The van der Waals surface area contributed by atoms with Crippen LogP contribution in [0, 0.1) is 0 Å². The van der Waals surface area contributed by atoms with Crippen molar-refractivity contribution in [2.75, 3.05) is 13.7 Å². The lowest BCUT2D eigenvalue weighted by molar-refractivity contribution is 0.102. The third-order valence-corrected chi connectivity index (χ3v) is 5.24. The number of likely N-dealkylation sites (N-methyl/N-ethyl adjacent to an activating group) is 1. The molecule has 2 unspecified atom stereocenters. The summed E-state index contributed by atoms with van der Waals surface area (Å²) in [5, 5.41) is 6.34. The van der Waals surface area contributed by atoms with Crippen LogP contribution in [0.25, 0.3) is 0 Å². The van der Waals surface area contributed by atoms with Gasteiger partial charge in [-0.05, 0) is 13.3 Å². The number of aromatic amines is 1. The molecule has 0 amide bonds. The van der Waals surface area contributed by atoms with Gasteiger partial charge in [0, 0.05) is 25.8 Å². The van der Waals surface area contributed by atoms with Gasteiger partial charge in [0.25, 0.3) is 10.0 Å². The molecule has 0 aromatic carbocycles. The first-order valence-electron chi connectivity index (χ1n) is 5.80. The highest BCUT2D eigenvalue weighted by Crippen LogP contribution is 2.25. The van der Waals surface area contributed by atoms with Crippen molar-refractivity contribution in [3.8, 4) is 0 Å². The number of sulfonamides is 1. The van der Waals surface area contributed by atoms with E-state index in [-0.39, 0.29) is 23.7 Å². The Hall–Kier alpha value is -0.960. The van der Waals surface area contributed by atoms with Crippen molar-refractivity contribution in [1.29, 1.82) is 0 Å². The molecule has 0 spiro atoms. The minimum atomic E-state index is -3.60. The third kappa shape index (κ3) is 2.16. The molecule has 2 heterocycles. The van der Waals surface area contributed by atoms with Gasteiger partial charge in [-0.15, -0.1) is 0 Å². The van der Waals surface area contributed by atoms with Gasteiger partial charge in [0.05, 0.1) is 18.3 Å². The van der Waals surface area contributed by atoms with E-state index in [0.29, 0.717) is 18.6 Å². The Morgan fingerprint density at radius 2 is 2.39 bits per heavy atom. The molecule has 1 aromatic rings. The lowest BCUT2D eigenvalue weighted by Gasteiger charge is -2.25. The van der Waals surface area contributed by atoms with E-state index in [1.807, 2.05) is 6.92 Å². The molecule has 1 aliphatic heterocycles. The van der Waals surface area contributed by atoms with Gasteiger partial charge in [-0.1, -0.05) is 0 Å². The largest absolute Gasteiger partial charge is 0.377 e. The fraction of sp³-hybridized carbons (Fsp3) is 0.700. The molecule has 8 heteroatoms. The van der Waals surface area contributed by atoms with Crippen molar-refractivity contribution in [3.05, 3.63) is 11.8 Å². The summed E-state index contributed by atoms with van der Waals surface area (Å²) >= 11 is 0. The second-order valence-corrected chi connectivity index (χ2v) is 6.32. The summed E-state index contributed by atoms with van der Waals surface area (Å²) in [5.74, 6) is 0. The van der Waals surface area contributed by atoms with Crippen molar-refractivity contribution in [2.24, 2.45) is 5.73 Å². The van der Waals surface area contributed by atoms with Crippen molar-refractivity contribution in [3.63, 3.8) is 0 Å². The molecule has 0 aliphatic carbocycles. The maximum absolute atomic E-state index is 12.4. The smallest absolute Gasteiger partial charge is 0.260 e. The molecule has 1 fully saturated rings. The average molecular weight is 274 g/mol. The number of aromatic nitrogens is 2. The summed E-state index contributed by atoms with van der Waals surface area (Å²) < 4.78 is 31.6. The third-order valence-electron chi connectivity index (χ3n) is 3.34. The summed E-state index contributed by atoms with van der Waals surface area (Å²) in [5.41, 5.74) is 6.00. The normalized spacial score (nSPS) is 24.9. The van der Waals surface area contributed by atoms with Gasteiger partial charge in [-0.25, -0.2) is 8.42 Å². The SMILES string of the molecule is CC1OCCC1N(C)S(=O)(=O)c1[nH]ncc1CN. The second kappa shape index (κ2) is 4.96. The first-order chi connectivity index (χ1) is 8.48. The number of rotatable bonds is 4. The number of hydrogen-bond donors (Lipinski definition) is 2. The van der Waals surface area contributed by atoms with Crippen LogP contribution in [-0.2, 0) is 21.3 Å². The minimum absolute atomic E-state index is 0.0756. The lowest BCUT2D eigenvalue weighted by Crippen LogP contribution is -2.41. The second-order valence-electron chi connectivity index (χ2n) is 4.38. The summed E-state index contributed by atoms with van der Waals surface area (Å²) in [4.78, 5) is 0. The van der Waals surface area contributed by atoms with Crippen LogP contribution in [0.3, 0.4) is 0 Å². The van der Waals surface area contributed by atoms with Crippen molar-refractivity contribution in [1.82, 2.24) is 14.5 Å². The van der Waals surface area contributed by atoms with Crippen molar-refractivity contribution >= 4 is 10.0 Å². The van der Waals surface area contributed by atoms with Crippen molar-refractivity contribution < 1.29 is 13.2 Å². The van der Waals surface area contributed by atoms with Gasteiger partial charge in [0.15, 0.2) is 5.03 Å². The molecule has 1 aromatic heterocycles. The number of ether oxygens (including phenoxy) is 1. The standard InChI is InChI=1S/C10H18N4O3S/c1-7-9(3-4-17-7)14(2)18(15,16)10-8(5-11)6-12-13-10/h6-7,9H,3-5,11H2,1-2H3,(H,12,13). The zero-order valence-electron chi connectivity index (χ0n) is 10.5. The van der Waals surface area contributed by atoms with E-state index in [4.69, 9.17) is 10.5 Å². The molecule has 0 radical (unpaired) electrons.